The Morgan fingerprint density at radius 2 is 1.74 bits per heavy atom. The van der Waals surface area contributed by atoms with Crippen molar-refractivity contribution < 1.29 is 5.11 Å². The Morgan fingerprint density at radius 1 is 1.09 bits per heavy atom. The highest BCUT2D eigenvalue weighted by Gasteiger charge is 2.34. The van der Waals surface area contributed by atoms with Crippen LogP contribution >= 0.6 is 0 Å². The number of aliphatic imine (C=N–C) groups is 1. The molecule has 0 aliphatic carbocycles. The number of rotatable bonds is 6. The van der Waals surface area contributed by atoms with Crippen LogP contribution in [0.2, 0.25) is 0 Å². The predicted octanol–water partition coefficient (Wildman–Crippen LogP) is 3.65. The molecule has 2 aromatic carbocycles. The summed E-state index contributed by atoms with van der Waals surface area (Å²) < 4.78 is 0. The third kappa shape index (κ3) is 3.36. The van der Waals surface area contributed by atoms with Gasteiger partial charge in [-0.1, -0.05) is 74.0 Å². The number of aliphatic hydroxyl groups excluding tert-OH is 1. The van der Waals surface area contributed by atoms with Crippen LogP contribution in [-0.4, -0.2) is 35.0 Å². The smallest absolute Gasteiger partial charge is 0.0925 e. The molecule has 0 unspecified atom stereocenters. The van der Waals surface area contributed by atoms with Crippen molar-refractivity contribution in [3.8, 4) is 0 Å². The molecule has 0 radical (unpaired) electrons. The molecule has 0 saturated carbocycles. The SMILES string of the molecule is CCC[C@@H]1C(c2ccccc2)=NCN1[C@@H](CO)c1ccccc1. The molecule has 1 N–H and O–H groups in total. The maximum absolute atomic E-state index is 9.99. The highest BCUT2D eigenvalue weighted by molar-refractivity contribution is 6.05. The molecule has 23 heavy (non-hydrogen) atoms. The number of benzene rings is 2. The first-order valence-corrected chi connectivity index (χ1v) is 8.36. The molecule has 0 spiro atoms. The second kappa shape index (κ2) is 7.53. The molecular formula is C20H24N2O. The molecule has 1 heterocycles. The molecule has 0 saturated heterocycles. The van der Waals surface area contributed by atoms with Crippen molar-refractivity contribution in [2.75, 3.05) is 13.3 Å². The Labute approximate surface area is 138 Å². The minimum Gasteiger partial charge on any atom is -0.394 e. The molecule has 2 atom stereocenters. The summed E-state index contributed by atoms with van der Waals surface area (Å²) in [6, 6.07) is 20.9. The second-order valence-electron chi connectivity index (χ2n) is 5.98. The van der Waals surface area contributed by atoms with Crippen LogP contribution < -0.4 is 0 Å². The van der Waals surface area contributed by atoms with Crippen LogP contribution in [0.1, 0.15) is 36.9 Å². The van der Waals surface area contributed by atoms with Crippen LogP contribution in [0.3, 0.4) is 0 Å². The lowest BCUT2D eigenvalue weighted by Crippen LogP contribution is -2.40. The largest absolute Gasteiger partial charge is 0.394 e. The standard InChI is InChI=1S/C20H24N2O/c1-2-9-18-20(17-12-7-4-8-13-17)21-15-22(18)19(14-23)16-10-5-3-6-11-16/h3-8,10-13,18-19,23H,2,9,14-15H2,1H3/t18-,19+/m1/s1. The zero-order valence-electron chi connectivity index (χ0n) is 13.6. The van der Waals surface area contributed by atoms with E-state index in [1.807, 2.05) is 24.3 Å². The van der Waals surface area contributed by atoms with Crippen molar-refractivity contribution in [3.05, 3.63) is 71.8 Å². The van der Waals surface area contributed by atoms with Crippen molar-refractivity contribution >= 4 is 5.71 Å². The first-order valence-electron chi connectivity index (χ1n) is 8.36. The van der Waals surface area contributed by atoms with E-state index >= 15 is 0 Å². The molecule has 3 heteroatoms. The van der Waals surface area contributed by atoms with Crippen LogP contribution in [0, 0.1) is 0 Å². The van der Waals surface area contributed by atoms with Gasteiger partial charge in [-0.2, -0.15) is 0 Å². The van der Waals surface area contributed by atoms with E-state index < -0.39 is 0 Å². The molecule has 0 bridgehead atoms. The summed E-state index contributed by atoms with van der Waals surface area (Å²) in [5, 5.41) is 9.99. The minimum absolute atomic E-state index is 0.00212. The molecule has 3 nitrogen and oxygen atoms in total. The summed E-state index contributed by atoms with van der Waals surface area (Å²) in [5.74, 6) is 0. The quantitative estimate of drug-likeness (QED) is 0.884. The van der Waals surface area contributed by atoms with E-state index in [0.29, 0.717) is 6.67 Å². The van der Waals surface area contributed by atoms with Crippen molar-refractivity contribution in [2.24, 2.45) is 4.99 Å². The van der Waals surface area contributed by atoms with Gasteiger partial charge >= 0.3 is 0 Å². The Bertz CT molecular complexity index is 639. The zero-order chi connectivity index (χ0) is 16.1. The van der Waals surface area contributed by atoms with Gasteiger partial charge in [0, 0.05) is 0 Å². The van der Waals surface area contributed by atoms with Gasteiger partial charge in [-0.15, -0.1) is 0 Å². The second-order valence-corrected chi connectivity index (χ2v) is 5.98. The van der Waals surface area contributed by atoms with Gasteiger partial charge in [0.15, 0.2) is 0 Å². The van der Waals surface area contributed by atoms with E-state index in [9.17, 15) is 5.11 Å². The van der Waals surface area contributed by atoms with E-state index in [1.54, 1.807) is 0 Å². The molecule has 0 aromatic heterocycles. The lowest BCUT2D eigenvalue weighted by Gasteiger charge is -2.32. The molecule has 2 aromatic rings. The molecule has 3 rings (SSSR count). The number of nitrogens with zero attached hydrogens (tertiary/aromatic N) is 2. The highest BCUT2D eigenvalue weighted by atomic mass is 16.3. The van der Waals surface area contributed by atoms with E-state index in [-0.39, 0.29) is 18.7 Å². The van der Waals surface area contributed by atoms with Gasteiger partial charge in [-0.05, 0) is 17.5 Å². The average Bonchev–Trinajstić information content (AvgIpc) is 3.01. The lowest BCUT2D eigenvalue weighted by molar-refractivity contribution is 0.116. The first-order chi connectivity index (χ1) is 11.3. The van der Waals surface area contributed by atoms with E-state index in [4.69, 9.17) is 4.99 Å². The summed E-state index contributed by atoms with van der Waals surface area (Å²) in [6.45, 7) is 2.96. The van der Waals surface area contributed by atoms with E-state index in [2.05, 4.69) is 48.2 Å². The fraction of sp³-hybridized carbons (Fsp3) is 0.350. The Morgan fingerprint density at radius 3 is 2.35 bits per heavy atom. The van der Waals surface area contributed by atoms with E-state index in [0.717, 1.165) is 24.1 Å². The summed E-state index contributed by atoms with van der Waals surface area (Å²) in [6.07, 6.45) is 2.15. The lowest BCUT2D eigenvalue weighted by atomic mass is 9.96. The summed E-state index contributed by atoms with van der Waals surface area (Å²) in [7, 11) is 0. The van der Waals surface area contributed by atoms with Crippen molar-refractivity contribution in [1.82, 2.24) is 4.90 Å². The van der Waals surface area contributed by atoms with Gasteiger partial charge in [0.05, 0.1) is 31.1 Å². The molecule has 1 aliphatic rings. The van der Waals surface area contributed by atoms with Gasteiger partial charge in [-0.3, -0.25) is 9.89 Å². The highest BCUT2D eigenvalue weighted by Crippen LogP contribution is 2.30. The summed E-state index contributed by atoms with van der Waals surface area (Å²) in [4.78, 5) is 7.15. The Kier molecular flexibility index (Phi) is 5.21. The maximum atomic E-state index is 9.99. The van der Waals surface area contributed by atoms with Crippen molar-refractivity contribution in [2.45, 2.75) is 31.8 Å². The number of aliphatic hydroxyl groups is 1. The Balaban J connectivity index is 1.88. The van der Waals surface area contributed by atoms with Gasteiger partial charge < -0.3 is 5.11 Å². The monoisotopic (exact) mass is 308 g/mol. The van der Waals surface area contributed by atoms with Crippen LogP contribution in [-0.2, 0) is 0 Å². The maximum Gasteiger partial charge on any atom is 0.0925 e. The summed E-state index contributed by atoms with van der Waals surface area (Å²) in [5.41, 5.74) is 3.50. The number of hydrogen-bond donors (Lipinski definition) is 1. The van der Waals surface area contributed by atoms with Gasteiger partial charge in [0.1, 0.15) is 0 Å². The molecule has 1 aliphatic heterocycles. The van der Waals surface area contributed by atoms with Gasteiger partial charge in [0.2, 0.25) is 0 Å². The van der Waals surface area contributed by atoms with E-state index in [1.165, 1.54) is 5.56 Å². The molecule has 120 valence electrons. The molecular weight excluding hydrogens is 284 g/mol. The van der Waals surface area contributed by atoms with Crippen molar-refractivity contribution in [1.29, 1.82) is 0 Å². The van der Waals surface area contributed by atoms with Gasteiger partial charge in [-0.25, -0.2) is 0 Å². The van der Waals surface area contributed by atoms with Crippen LogP contribution in [0.5, 0.6) is 0 Å². The average molecular weight is 308 g/mol. The third-order valence-electron chi connectivity index (χ3n) is 4.51. The normalized spacial score (nSPS) is 19.6. The fourth-order valence-electron chi connectivity index (χ4n) is 3.38. The van der Waals surface area contributed by atoms with Gasteiger partial charge in [0.25, 0.3) is 0 Å². The van der Waals surface area contributed by atoms with Crippen LogP contribution in [0.25, 0.3) is 0 Å². The molecule has 0 fully saturated rings. The molecule has 0 amide bonds. The third-order valence-corrected chi connectivity index (χ3v) is 4.51. The Hall–Kier alpha value is -1.97. The predicted molar refractivity (Wildman–Crippen MR) is 94.6 cm³/mol. The fourth-order valence-corrected chi connectivity index (χ4v) is 3.38. The number of hydrogen-bond acceptors (Lipinski definition) is 3. The summed E-state index contributed by atoms with van der Waals surface area (Å²) >= 11 is 0. The topological polar surface area (TPSA) is 35.8 Å². The zero-order valence-corrected chi connectivity index (χ0v) is 13.6. The van der Waals surface area contributed by atoms with Crippen LogP contribution in [0.15, 0.2) is 65.7 Å². The van der Waals surface area contributed by atoms with Crippen LogP contribution in [0.4, 0.5) is 0 Å². The first kappa shape index (κ1) is 15.9. The minimum atomic E-state index is -0.00212. The van der Waals surface area contributed by atoms with Crippen molar-refractivity contribution in [3.63, 3.8) is 0 Å².